The quantitative estimate of drug-likeness (QED) is 0.319. The highest BCUT2D eigenvalue weighted by molar-refractivity contribution is 14.0. The molecule has 10 heteroatoms. The van der Waals surface area contributed by atoms with Gasteiger partial charge in [0.15, 0.2) is 15.8 Å². The molecule has 27 heavy (non-hydrogen) atoms. The number of guanidine groups is 1. The normalized spacial score (nSPS) is 17.4. The molecule has 0 spiro atoms. The fourth-order valence-electron chi connectivity index (χ4n) is 2.86. The molecule has 1 unspecified atom stereocenters. The van der Waals surface area contributed by atoms with Gasteiger partial charge in [-0.3, -0.25) is 4.99 Å². The summed E-state index contributed by atoms with van der Waals surface area (Å²) in [6, 6.07) is 5.79. The molecule has 2 N–H and O–H groups in total. The van der Waals surface area contributed by atoms with E-state index in [-0.39, 0.29) is 41.5 Å². The van der Waals surface area contributed by atoms with Crippen LogP contribution in [0.1, 0.15) is 13.3 Å². The van der Waals surface area contributed by atoms with E-state index in [4.69, 9.17) is 16.3 Å². The van der Waals surface area contributed by atoms with Crippen molar-refractivity contribution < 1.29 is 13.2 Å². The number of halogens is 2. The molecule has 0 aromatic heterocycles. The van der Waals surface area contributed by atoms with Gasteiger partial charge in [0.2, 0.25) is 0 Å². The van der Waals surface area contributed by atoms with Crippen LogP contribution in [-0.2, 0) is 9.84 Å². The van der Waals surface area contributed by atoms with Crippen molar-refractivity contribution in [1.29, 1.82) is 0 Å². The summed E-state index contributed by atoms with van der Waals surface area (Å²) in [5.41, 5.74) is 0.973. The first-order chi connectivity index (χ1) is 12.4. The molecule has 2 rings (SSSR count). The van der Waals surface area contributed by atoms with Crippen LogP contribution in [0.2, 0.25) is 5.02 Å². The zero-order chi connectivity index (χ0) is 19.2. The molecule has 1 aliphatic heterocycles. The first-order valence-electron chi connectivity index (χ1n) is 8.64. The number of aliphatic imine (C=N–C) groups is 1. The summed E-state index contributed by atoms with van der Waals surface area (Å²) in [6.45, 7) is 3.65. The monoisotopic (exact) mass is 530 g/mol. The van der Waals surface area contributed by atoms with Crippen molar-refractivity contribution in [2.24, 2.45) is 4.99 Å². The van der Waals surface area contributed by atoms with Crippen LogP contribution in [0.25, 0.3) is 0 Å². The van der Waals surface area contributed by atoms with Gasteiger partial charge in [0.1, 0.15) is 5.75 Å². The lowest BCUT2D eigenvalue weighted by Crippen LogP contribution is -2.45. The largest absolute Gasteiger partial charge is 0.495 e. The number of benzene rings is 1. The van der Waals surface area contributed by atoms with Crippen LogP contribution in [0, 0.1) is 0 Å². The van der Waals surface area contributed by atoms with Gasteiger partial charge in [0.25, 0.3) is 0 Å². The Balaban J connectivity index is 0.00000364. The standard InChI is InChI=1S/C17H27ClN4O3S.HI/c1-4-26(23,24)10-8-20-17(19-2)21-14-7-9-22(12-14)15-11-13(18)5-6-16(15)25-3;/h5-6,11,14H,4,7-10,12H2,1-3H3,(H2,19,20,21);1H. The minimum absolute atomic E-state index is 0. The number of nitrogens with one attached hydrogen (secondary N) is 2. The molecule has 1 saturated heterocycles. The number of anilines is 1. The zero-order valence-electron chi connectivity index (χ0n) is 15.9. The molecular weight excluding hydrogens is 503 g/mol. The lowest BCUT2D eigenvalue weighted by molar-refractivity contribution is 0.415. The van der Waals surface area contributed by atoms with E-state index in [1.54, 1.807) is 21.1 Å². The van der Waals surface area contributed by atoms with Gasteiger partial charge >= 0.3 is 0 Å². The summed E-state index contributed by atoms with van der Waals surface area (Å²) in [5, 5.41) is 7.09. The van der Waals surface area contributed by atoms with E-state index >= 15 is 0 Å². The van der Waals surface area contributed by atoms with Gasteiger partial charge in [-0.1, -0.05) is 18.5 Å². The van der Waals surface area contributed by atoms with Gasteiger partial charge in [-0.2, -0.15) is 0 Å². The number of sulfone groups is 1. The number of hydrogen-bond acceptors (Lipinski definition) is 5. The van der Waals surface area contributed by atoms with Gasteiger partial charge < -0.3 is 20.3 Å². The van der Waals surface area contributed by atoms with E-state index in [9.17, 15) is 8.42 Å². The van der Waals surface area contributed by atoms with Gasteiger partial charge in [-0.15, -0.1) is 24.0 Å². The molecule has 1 aromatic rings. The molecule has 1 aromatic carbocycles. The SMILES string of the molecule is CCS(=O)(=O)CCNC(=NC)NC1CCN(c2cc(Cl)ccc2OC)C1.I. The van der Waals surface area contributed by atoms with Crippen molar-refractivity contribution in [2.75, 3.05) is 50.2 Å². The maximum absolute atomic E-state index is 11.6. The summed E-state index contributed by atoms with van der Waals surface area (Å²) in [4.78, 5) is 6.40. The molecule has 1 atom stereocenters. The smallest absolute Gasteiger partial charge is 0.191 e. The lowest BCUT2D eigenvalue weighted by atomic mass is 10.2. The maximum Gasteiger partial charge on any atom is 0.191 e. The third-order valence-electron chi connectivity index (χ3n) is 4.38. The highest BCUT2D eigenvalue weighted by atomic mass is 127. The highest BCUT2D eigenvalue weighted by Crippen LogP contribution is 2.33. The van der Waals surface area contributed by atoms with Crippen LogP contribution >= 0.6 is 35.6 Å². The number of nitrogens with zero attached hydrogens (tertiary/aromatic N) is 2. The van der Waals surface area contributed by atoms with Gasteiger partial charge in [0.05, 0.1) is 18.6 Å². The minimum Gasteiger partial charge on any atom is -0.495 e. The Morgan fingerprint density at radius 2 is 2.19 bits per heavy atom. The molecule has 1 aliphatic rings. The predicted molar refractivity (Wildman–Crippen MR) is 123 cm³/mol. The first kappa shape index (κ1) is 24.1. The third kappa shape index (κ3) is 7.19. The minimum atomic E-state index is -2.99. The van der Waals surface area contributed by atoms with E-state index < -0.39 is 9.84 Å². The molecule has 0 saturated carbocycles. The Hall–Kier alpha value is -0.940. The van der Waals surface area contributed by atoms with Crippen LogP contribution < -0.4 is 20.3 Å². The number of ether oxygens (including phenoxy) is 1. The van der Waals surface area contributed by atoms with E-state index in [0.717, 1.165) is 30.9 Å². The van der Waals surface area contributed by atoms with Crippen molar-refractivity contribution in [2.45, 2.75) is 19.4 Å². The average Bonchev–Trinajstić information content (AvgIpc) is 3.09. The van der Waals surface area contributed by atoms with Gasteiger partial charge in [0, 0.05) is 43.5 Å². The van der Waals surface area contributed by atoms with E-state index in [2.05, 4.69) is 20.5 Å². The van der Waals surface area contributed by atoms with Crippen molar-refractivity contribution in [3.05, 3.63) is 23.2 Å². The number of hydrogen-bond donors (Lipinski definition) is 2. The molecule has 1 heterocycles. The van der Waals surface area contributed by atoms with Crippen LogP contribution in [0.3, 0.4) is 0 Å². The molecule has 0 radical (unpaired) electrons. The predicted octanol–water partition coefficient (Wildman–Crippen LogP) is 2.15. The summed E-state index contributed by atoms with van der Waals surface area (Å²) in [7, 11) is 0.337. The fourth-order valence-corrected chi connectivity index (χ4v) is 3.73. The van der Waals surface area contributed by atoms with Crippen molar-refractivity contribution in [3.63, 3.8) is 0 Å². The number of methoxy groups -OCH3 is 1. The van der Waals surface area contributed by atoms with Crippen molar-refractivity contribution >= 4 is 57.1 Å². The fraction of sp³-hybridized carbons (Fsp3) is 0.588. The second-order valence-corrected chi connectivity index (χ2v) is 9.04. The summed E-state index contributed by atoms with van der Waals surface area (Å²) >= 11 is 6.13. The Morgan fingerprint density at radius 3 is 2.81 bits per heavy atom. The third-order valence-corrected chi connectivity index (χ3v) is 6.32. The van der Waals surface area contributed by atoms with Crippen LogP contribution in [-0.4, -0.2) is 65.7 Å². The second kappa shape index (κ2) is 11.2. The molecule has 0 amide bonds. The van der Waals surface area contributed by atoms with E-state index in [1.807, 2.05) is 18.2 Å². The average molecular weight is 531 g/mol. The Morgan fingerprint density at radius 1 is 1.44 bits per heavy atom. The van der Waals surface area contributed by atoms with Crippen LogP contribution in [0.15, 0.2) is 23.2 Å². The number of rotatable bonds is 7. The topological polar surface area (TPSA) is 83.0 Å². The Labute approximate surface area is 183 Å². The molecule has 0 bridgehead atoms. The first-order valence-corrected chi connectivity index (χ1v) is 10.8. The maximum atomic E-state index is 11.6. The van der Waals surface area contributed by atoms with Crippen molar-refractivity contribution in [3.8, 4) is 5.75 Å². The Kier molecular flexibility index (Phi) is 9.96. The van der Waals surface area contributed by atoms with Crippen LogP contribution in [0.5, 0.6) is 5.75 Å². The van der Waals surface area contributed by atoms with E-state index in [0.29, 0.717) is 17.5 Å². The zero-order valence-corrected chi connectivity index (χ0v) is 19.8. The van der Waals surface area contributed by atoms with Crippen molar-refractivity contribution in [1.82, 2.24) is 10.6 Å². The molecule has 7 nitrogen and oxygen atoms in total. The lowest BCUT2D eigenvalue weighted by Gasteiger charge is -2.22. The molecule has 154 valence electrons. The van der Waals surface area contributed by atoms with Gasteiger partial charge in [-0.25, -0.2) is 8.42 Å². The Bertz CT molecular complexity index is 746. The van der Waals surface area contributed by atoms with Crippen LogP contribution in [0.4, 0.5) is 5.69 Å². The molecular formula is C17H28ClIN4O3S. The molecule has 1 fully saturated rings. The molecule has 0 aliphatic carbocycles. The summed E-state index contributed by atoms with van der Waals surface area (Å²) in [6.07, 6.45) is 0.934. The summed E-state index contributed by atoms with van der Waals surface area (Å²) in [5.74, 6) is 1.66. The highest BCUT2D eigenvalue weighted by Gasteiger charge is 2.25. The van der Waals surface area contributed by atoms with E-state index in [1.165, 1.54) is 0 Å². The second-order valence-electron chi connectivity index (χ2n) is 6.13. The van der Waals surface area contributed by atoms with Gasteiger partial charge in [-0.05, 0) is 24.6 Å². The summed E-state index contributed by atoms with van der Waals surface area (Å²) < 4.78 is 28.6.